The predicted molar refractivity (Wildman–Crippen MR) is 100 cm³/mol. The van der Waals surface area contributed by atoms with Crippen molar-refractivity contribution in [3.63, 3.8) is 0 Å². The standard InChI is InChI=1S/C18H27N3O4S/c1-14(18(23)19(2)15-7-12-26(24,25)13-15)20-8-10-21(11-9-20)16-5-3-4-6-17(16)22/h3-6,14-15,22H,7-13H2,1-2H3/p+1/t14-,15+/m0/s1. The van der Waals surface area contributed by atoms with E-state index in [0.29, 0.717) is 6.42 Å². The molecule has 0 aliphatic carbocycles. The van der Waals surface area contributed by atoms with Gasteiger partial charge >= 0.3 is 0 Å². The minimum Gasteiger partial charge on any atom is -0.506 e. The van der Waals surface area contributed by atoms with Crippen LogP contribution in [0, 0.1) is 0 Å². The first kappa shape index (κ1) is 19.0. The van der Waals surface area contributed by atoms with Crippen LogP contribution < -0.4 is 9.80 Å². The first-order chi connectivity index (χ1) is 12.3. The van der Waals surface area contributed by atoms with Crippen LogP contribution in [0.15, 0.2) is 24.3 Å². The van der Waals surface area contributed by atoms with Gasteiger partial charge in [-0.25, -0.2) is 8.42 Å². The fourth-order valence-corrected chi connectivity index (χ4v) is 5.71. The molecule has 3 rings (SSSR count). The van der Waals surface area contributed by atoms with Crippen molar-refractivity contribution in [2.24, 2.45) is 0 Å². The Morgan fingerprint density at radius 1 is 1.31 bits per heavy atom. The van der Waals surface area contributed by atoms with Gasteiger partial charge in [-0.05, 0) is 25.5 Å². The van der Waals surface area contributed by atoms with E-state index in [4.69, 9.17) is 0 Å². The number of benzene rings is 1. The van der Waals surface area contributed by atoms with Gasteiger partial charge in [0, 0.05) is 13.1 Å². The van der Waals surface area contributed by atoms with E-state index in [1.807, 2.05) is 19.1 Å². The average molecular weight is 383 g/mol. The molecule has 26 heavy (non-hydrogen) atoms. The third-order valence-corrected chi connectivity index (χ3v) is 7.46. The Bertz CT molecular complexity index is 759. The zero-order chi connectivity index (χ0) is 18.9. The number of carbonyl (C=O) groups is 1. The zero-order valence-electron chi connectivity index (χ0n) is 15.4. The van der Waals surface area contributed by atoms with Gasteiger partial charge in [0.15, 0.2) is 15.9 Å². The number of quaternary nitrogens is 1. The molecule has 2 heterocycles. The summed E-state index contributed by atoms with van der Waals surface area (Å²) in [7, 11) is -1.27. The highest BCUT2D eigenvalue weighted by Gasteiger charge is 2.37. The number of hydrogen-bond acceptors (Lipinski definition) is 5. The Morgan fingerprint density at radius 2 is 1.96 bits per heavy atom. The molecule has 0 bridgehead atoms. The van der Waals surface area contributed by atoms with Crippen molar-refractivity contribution in [1.82, 2.24) is 4.90 Å². The van der Waals surface area contributed by atoms with Gasteiger partial charge in [0.05, 0.1) is 43.4 Å². The van der Waals surface area contributed by atoms with E-state index < -0.39 is 9.84 Å². The van der Waals surface area contributed by atoms with Crippen LogP contribution in [0.1, 0.15) is 13.3 Å². The van der Waals surface area contributed by atoms with Crippen LogP contribution >= 0.6 is 0 Å². The molecule has 0 radical (unpaired) electrons. The molecule has 144 valence electrons. The molecule has 2 N–H and O–H groups in total. The molecule has 2 fully saturated rings. The molecule has 1 aromatic carbocycles. The number of carbonyl (C=O) groups excluding carboxylic acids is 1. The summed E-state index contributed by atoms with van der Waals surface area (Å²) in [5, 5.41) is 10.0. The van der Waals surface area contributed by atoms with Crippen LogP contribution in [0.4, 0.5) is 5.69 Å². The first-order valence-electron chi connectivity index (χ1n) is 9.13. The smallest absolute Gasteiger partial charge is 0.280 e. The molecule has 2 saturated heterocycles. The fourth-order valence-electron chi connectivity index (χ4n) is 3.94. The van der Waals surface area contributed by atoms with Gasteiger partial charge in [0.2, 0.25) is 0 Å². The number of anilines is 1. The van der Waals surface area contributed by atoms with Gasteiger partial charge in [-0.2, -0.15) is 0 Å². The summed E-state index contributed by atoms with van der Waals surface area (Å²) in [6.45, 7) is 5.07. The van der Waals surface area contributed by atoms with E-state index in [1.54, 1.807) is 24.1 Å². The Kier molecular flexibility index (Phi) is 5.43. The third kappa shape index (κ3) is 3.96. The van der Waals surface area contributed by atoms with Crippen molar-refractivity contribution < 1.29 is 23.2 Å². The number of likely N-dealkylation sites (N-methyl/N-ethyl adjacent to an activating group) is 1. The van der Waals surface area contributed by atoms with E-state index >= 15 is 0 Å². The monoisotopic (exact) mass is 382 g/mol. The number of sulfone groups is 1. The largest absolute Gasteiger partial charge is 0.506 e. The highest BCUT2D eigenvalue weighted by molar-refractivity contribution is 7.91. The summed E-state index contributed by atoms with van der Waals surface area (Å²) in [4.78, 5) is 17.8. The van der Waals surface area contributed by atoms with Crippen LogP contribution in [0.25, 0.3) is 0 Å². The molecule has 2 aliphatic heterocycles. The van der Waals surface area contributed by atoms with Crippen LogP contribution in [0.5, 0.6) is 5.75 Å². The second-order valence-electron chi connectivity index (χ2n) is 7.36. The fraction of sp³-hybridized carbons (Fsp3) is 0.611. The molecule has 1 aromatic rings. The number of nitrogens with one attached hydrogen (secondary N) is 1. The molecule has 2 aliphatic rings. The van der Waals surface area contributed by atoms with Crippen LogP contribution in [-0.4, -0.2) is 81.1 Å². The maximum atomic E-state index is 12.8. The van der Waals surface area contributed by atoms with Gasteiger partial charge in [0.25, 0.3) is 5.91 Å². The average Bonchev–Trinajstić information content (AvgIpc) is 3.00. The molecule has 1 amide bonds. The van der Waals surface area contributed by atoms with Crippen molar-refractivity contribution >= 4 is 21.4 Å². The first-order valence-corrected chi connectivity index (χ1v) is 11.0. The molecular weight excluding hydrogens is 354 g/mol. The number of para-hydroxylation sites is 2. The minimum atomic E-state index is -3.00. The van der Waals surface area contributed by atoms with Crippen LogP contribution in [0.3, 0.4) is 0 Å². The summed E-state index contributed by atoms with van der Waals surface area (Å²) in [5.41, 5.74) is 0.832. The Hall–Kier alpha value is -1.80. The summed E-state index contributed by atoms with van der Waals surface area (Å²) in [6, 6.07) is 6.91. The Morgan fingerprint density at radius 3 is 2.54 bits per heavy atom. The lowest BCUT2D eigenvalue weighted by molar-refractivity contribution is -0.915. The summed E-state index contributed by atoms with van der Waals surface area (Å²) >= 11 is 0. The number of hydrogen-bond donors (Lipinski definition) is 2. The number of nitrogens with zero attached hydrogens (tertiary/aromatic N) is 2. The van der Waals surface area contributed by atoms with E-state index in [1.165, 1.54) is 4.90 Å². The van der Waals surface area contributed by atoms with Gasteiger partial charge in [-0.15, -0.1) is 0 Å². The quantitative estimate of drug-likeness (QED) is 0.708. The second-order valence-corrected chi connectivity index (χ2v) is 9.59. The van der Waals surface area contributed by atoms with E-state index in [9.17, 15) is 18.3 Å². The summed E-state index contributed by atoms with van der Waals surface area (Å²) in [5.74, 6) is 0.550. The Labute approximate surface area is 155 Å². The topological polar surface area (TPSA) is 82.4 Å². The van der Waals surface area contributed by atoms with Crippen LogP contribution in [0.2, 0.25) is 0 Å². The number of aromatic hydroxyl groups is 1. The maximum Gasteiger partial charge on any atom is 0.280 e. The lowest BCUT2D eigenvalue weighted by Crippen LogP contribution is -3.19. The molecule has 0 unspecified atom stereocenters. The predicted octanol–water partition coefficient (Wildman–Crippen LogP) is -0.869. The lowest BCUT2D eigenvalue weighted by Gasteiger charge is -2.37. The van der Waals surface area contributed by atoms with Crippen molar-refractivity contribution in [2.75, 3.05) is 49.6 Å². The highest BCUT2D eigenvalue weighted by Crippen LogP contribution is 2.26. The van der Waals surface area contributed by atoms with Gasteiger partial charge in [0.1, 0.15) is 5.75 Å². The van der Waals surface area contributed by atoms with Gasteiger partial charge in [-0.3, -0.25) is 4.79 Å². The number of phenolic OH excluding ortho intramolecular Hbond substituents is 1. The molecule has 0 spiro atoms. The van der Waals surface area contributed by atoms with Crippen molar-refractivity contribution in [3.05, 3.63) is 24.3 Å². The van der Waals surface area contributed by atoms with Crippen molar-refractivity contribution in [3.8, 4) is 5.75 Å². The normalized spacial score (nSPS) is 24.4. The van der Waals surface area contributed by atoms with E-state index in [0.717, 1.165) is 31.9 Å². The summed E-state index contributed by atoms with van der Waals surface area (Å²) in [6.07, 6.45) is 0.535. The maximum absolute atomic E-state index is 12.8. The van der Waals surface area contributed by atoms with E-state index in [2.05, 4.69) is 4.90 Å². The number of piperazine rings is 1. The minimum absolute atomic E-state index is 0.0121. The molecular formula is C18H28N3O4S+. The number of amides is 1. The van der Waals surface area contributed by atoms with Gasteiger partial charge in [-0.1, -0.05) is 12.1 Å². The SMILES string of the molecule is C[C@@H](C(=O)N(C)[C@@H]1CCS(=O)(=O)C1)[NH+]1CCN(c2ccccc2O)CC1. The Balaban J connectivity index is 1.57. The second kappa shape index (κ2) is 7.44. The molecule has 2 atom stereocenters. The van der Waals surface area contributed by atoms with Crippen LogP contribution in [-0.2, 0) is 14.6 Å². The molecule has 8 heteroatoms. The zero-order valence-corrected chi connectivity index (χ0v) is 16.2. The molecule has 7 nitrogen and oxygen atoms in total. The van der Waals surface area contributed by atoms with Gasteiger partial charge < -0.3 is 19.8 Å². The lowest BCUT2D eigenvalue weighted by atomic mass is 10.1. The third-order valence-electron chi connectivity index (χ3n) is 5.71. The van der Waals surface area contributed by atoms with Crippen molar-refractivity contribution in [2.45, 2.75) is 25.4 Å². The van der Waals surface area contributed by atoms with E-state index in [-0.39, 0.29) is 35.2 Å². The number of phenols is 1. The highest BCUT2D eigenvalue weighted by atomic mass is 32.2. The summed E-state index contributed by atoms with van der Waals surface area (Å²) < 4.78 is 23.3. The molecule has 0 aromatic heterocycles. The van der Waals surface area contributed by atoms with Crippen molar-refractivity contribution in [1.29, 1.82) is 0 Å². The molecule has 0 saturated carbocycles. The number of rotatable bonds is 4.